The Morgan fingerprint density at radius 1 is 1.00 bits per heavy atom. The first kappa shape index (κ1) is 14.1. The standard InChI is InChI=1S/C17H18O3/c1-12(2)11-20-17(19)15-5-3-13(4-6-15)14-7-9-16(18)10-8-14/h3-10,12,18H,11H2,1-2H3. The minimum absolute atomic E-state index is 0.239. The lowest BCUT2D eigenvalue weighted by molar-refractivity contribution is 0.0459. The highest BCUT2D eigenvalue weighted by Crippen LogP contribution is 2.22. The second kappa shape index (κ2) is 6.24. The second-order valence-corrected chi connectivity index (χ2v) is 5.12. The molecule has 1 N–H and O–H groups in total. The molecule has 2 aromatic rings. The van der Waals surface area contributed by atoms with Crippen LogP contribution in [0, 0.1) is 5.92 Å². The summed E-state index contributed by atoms with van der Waals surface area (Å²) in [5.74, 6) is 0.272. The Hall–Kier alpha value is -2.29. The summed E-state index contributed by atoms with van der Waals surface area (Å²) in [6, 6.07) is 14.2. The molecule has 0 saturated carbocycles. The van der Waals surface area contributed by atoms with Gasteiger partial charge in [0, 0.05) is 0 Å². The van der Waals surface area contributed by atoms with E-state index in [0.717, 1.165) is 11.1 Å². The third kappa shape index (κ3) is 3.60. The lowest BCUT2D eigenvalue weighted by atomic mass is 10.0. The highest BCUT2D eigenvalue weighted by atomic mass is 16.5. The number of hydrogen-bond donors (Lipinski definition) is 1. The van der Waals surface area contributed by atoms with Crippen LogP contribution in [0.1, 0.15) is 24.2 Å². The van der Waals surface area contributed by atoms with E-state index < -0.39 is 0 Å². The van der Waals surface area contributed by atoms with Crippen LogP contribution in [0.5, 0.6) is 5.75 Å². The number of esters is 1. The van der Waals surface area contributed by atoms with Crippen LogP contribution in [-0.4, -0.2) is 17.7 Å². The van der Waals surface area contributed by atoms with Gasteiger partial charge in [-0.15, -0.1) is 0 Å². The van der Waals surface area contributed by atoms with Crippen LogP contribution in [0.3, 0.4) is 0 Å². The van der Waals surface area contributed by atoms with Crippen molar-refractivity contribution in [2.45, 2.75) is 13.8 Å². The van der Waals surface area contributed by atoms with Crippen LogP contribution in [0.15, 0.2) is 48.5 Å². The largest absolute Gasteiger partial charge is 0.508 e. The van der Waals surface area contributed by atoms with Gasteiger partial charge in [-0.2, -0.15) is 0 Å². The fraction of sp³-hybridized carbons (Fsp3) is 0.235. The molecule has 0 aliphatic carbocycles. The Balaban J connectivity index is 2.10. The summed E-state index contributed by atoms with van der Waals surface area (Å²) in [6.07, 6.45) is 0. The lowest BCUT2D eigenvalue weighted by Gasteiger charge is -2.08. The molecule has 0 unspecified atom stereocenters. The smallest absolute Gasteiger partial charge is 0.338 e. The zero-order chi connectivity index (χ0) is 14.5. The van der Waals surface area contributed by atoms with E-state index >= 15 is 0 Å². The molecule has 0 bridgehead atoms. The molecular formula is C17H18O3. The van der Waals surface area contributed by atoms with E-state index in [9.17, 15) is 9.90 Å². The van der Waals surface area contributed by atoms with E-state index in [-0.39, 0.29) is 11.7 Å². The van der Waals surface area contributed by atoms with Gasteiger partial charge >= 0.3 is 5.97 Å². The minimum atomic E-state index is -0.295. The Kier molecular flexibility index (Phi) is 4.41. The molecule has 0 aromatic heterocycles. The normalized spacial score (nSPS) is 10.6. The van der Waals surface area contributed by atoms with Gasteiger partial charge in [-0.25, -0.2) is 4.79 Å². The number of rotatable bonds is 4. The first-order valence-corrected chi connectivity index (χ1v) is 6.63. The van der Waals surface area contributed by atoms with Crippen molar-refractivity contribution in [2.24, 2.45) is 5.92 Å². The third-order valence-corrected chi connectivity index (χ3v) is 2.87. The quantitative estimate of drug-likeness (QED) is 0.858. The first-order valence-electron chi connectivity index (χ1n) is 6.63. The van der Waals surface area contributed by atoms with Crippen molar-refractivity contribution in [3.63, 3.8) is 0 Å². The lowest BCUT2D eigenvalue weighted by Crippen LogP contribution is -2.09. The van der Waals surface area contributed by atoms with Crippen LogP contribution < -0.4 is 0 Å². The maximum Gasteiger partial charge on any atom is 0.338 e. The number of carbonyl (C=O) groups excluding carboxylic acids is 1. The molecule has 0 heterocycles. The zero-order valence-corrected chi connectivity index (χ0v) is 11.7. The fourth-order valence-corrected chi connectivity index (χ4v) is 1.78. The molecule has 2 aromatic carbocycles. The molecule has 0 spiro atoms. The summed E-state index contributed by atoms with van der Waals surface area (Å²) >= 11 is 0. The van der Waals surface area contributed by atoms with Gasteiger partial charge in [-0.3, -0.25) is 0 Å². The zero-order valence-electron chi connectivity index (χ0n) is 11.7. The molecule has 3 heteroatoms. The summed E-state index contributed by atoms with van der Waals surface area (Å²) in [7, 11) is 0. The van der Waals surface area contributed by atoms with E-state index in [0.29, 0.717) is 18.1 Å². The van der Waals surface area contributed by atoms with Crippen LogP contribution in [0.4, 0.5) is 0 Å². The molecule has 0 atom stereocenters. The number of hydrogen-bond acceptors (Lipinski definition) is 3. The molecule has 0 fully saturated rings. The third-order valence-electron chi connectivity index (χ3n) is 2.87. The van der Waals surface area contributed by atoms with Crippen LogP contribution in [0.2, 0.25) is 0 Å². The maximum absolute atomic E-state index is 11.8. The minimum Gasteiger partial charge on any atom is -0.508 e. The Morgan fingerprint density at radius 3 is 2.00 bits per heavy atom. The van der Waals surface area contributed by atoms with Crippen LogP contribution in [-0.2, 0) is 4.74 Å². The molecule has 0 radical (unpaired) electrons. The molecule has 20 heavy (non-hydrogen) atoms. The van der Waals surface area contributed by atoms with Gasteiger partial charge in [0.2, 0.25) is 0 Å². The SMILES string of the molecule is CC(C)COC(=O)c1ccc(-c2ccc(O)cc2)cc1. The number of carbonyl (C=O) groups is 1. The van der Waals surface area contributed by atoms with E-state index in [1.807, 2.05) is 38.1 Å². The van der Waals surface area contributed by atoms with Crippen LogP contribution >= 0.6 is 0 Å². The number of aromatic hydroxyl groups is 1. The second-order valence-electron chi connectivity index (χ2n) is 5.12. The topological polar surface area (TPSA) is 46.5 Å². The molecule has 0 aliphatic rings. The van der Waals surface area contributed by atoms with Crippen molar-refractivity contribution in [2.75, 3.05) is 6.61 Å². The molecule has 3 nitrogen and oxygen atoms in total. The van der Waals surface area contributed by atoms with Gasteiger partial charge in [-0.1, -0.05) is 38.1 Å². The number of phenols is 1. The fourth-order valence-electron chi connectivity index (χ4n) is 1.78. The van der Waals surface area contributed by atoms with Crippen molar-refractivity contribution in [3.05, 3.63) is 54.1 Å². The number of phenolic OH excluding ortho intramolecular Hbond substituents is 1. The van der Waals surface area contributed by atoms with Crippen molar-refractivity contribution in [1.82, 2.24) is 0 Å². The van der Waals surface area contributed by atoms with Crippen molar-refractivity contribution in [3.8, 4) is 16.9 Å². The Labute approximate surface area is 118 Å². The molecular weight excluding hydrogens is 252 g/mol. The van der Waals surface area contributed by atoms with Gasteiger partial charge in [0.25, 0.3) is 0 Å². The van der Waals surface area contributed by atoms with Gasteiger partial charge in [0.05, 0.1) is 12.2 Å². The molecule has 2 rings (SSSR count). The van der Waals surface area contributed by atoms with E-state index in [1.54, 1.807) is 24.3 Å². The monoisotopic (exact) mass is 270 g/mol. The maximum atomic E-state index is 11.8. The predicted molar refractivity (Wildman–Crippen MR) is 78.7 cm³/mol. The summed E-state index contributed by atoms with van der Waals surface area (Å²) < 4.78 is 5.18. The molecule has 0 amide bonds. The summed E-state index contributed by atoms with van der Waals surface area (Å²) in [4.78, 5) is 11.8. The van der Waals surface area contributed by atoms with Gasteiger partial charge in [0.1, 0.15) is 5.75 Å². The Bertz CT molecular complexity index is 568. The van der Waals surface area contributed by atoms with Crippen molar-refractivity contribution in [1.29, 1.82) is 0 Å². The van der Waals surface area contributed by atoms with Gasteiger partial charge in [0.15, 0.2) is 0 Å². The first-order chi connectivity index (χ1) is 9.56. The van der Waals surface area contributed by atoms with E-state index in [1.165, 1.54) is 0 Å². The molecule has 0 saturated heterocycles. The number of benzene rings is 2. The van der Waals surface area contributed by atoms with E-state index in [2.05, 4.69) is 0 Å². The van der Waals surface area contributed by atoms with Crippen LogP contribution in [0.25, 0.3) is 11.1 Å². The average molecular weight is 270 g/mol. The number of ether oxygens (including phenoxy) is 1. The van der Waals surface area contributed by atoms with Crippen molar-refractivity contribution >= 4 is 5.97 Å². The van der Waals surface area contributed by atoms with Gasteiger partial charge < -0.3 is 9.84 Å². The highest BCUT2D eigenvalue weighted by Gasteiger charge is 2.08. The average Bonchev–Trinajstić information content (AvgIpc) is 2.46. The summed E-state index contributed by atoms with van der Waals surface area (Å²) in [6.45, 7) is 4.43. The predicted octanol–water partition coefficient (Wildman–Crippen LogP) is 3.87. The highest BCUT2D eigenvalue weighted by molar-refractivity contribution is 5.90. The summed E-state index contributed by atoms with van der Waals surface area (Å²) in [5.41, 5.74) is 2.53. The Morgan fingerprint density at radius 2 is 1.50 bits per heavy atom. The van der Waals surface area contributed by atoms with E-state index in [4.69, 9.17) is 4.74 Å². The summed E-state index contributed by atoms with van der Waals surface area (Å²) in [5, 5.41) is 9.26. The molecule has 0 aliphatic heterocycles. The molecule has 104 valence electrons. The van der Waals surface area contributed by atoms with Crippen molar-refractivity contribution < 1.29 is 14.6 Å². The van der Waals surface area contributed by atoms with Gasteiger partial charge in [-0.05, 0) is 41.3 Å².